The first kappa shape index (κ1) is 16.0. The number of hydrogen-bond donors (Lipinski definition) is 1. The van der Waals surface area contributed by atoms with Crippen molar-refractivity contribution in [1.29, 1.82) is 0 Å². The van der Waals surface area contributed by atoms with Crippen molar-refractivity contribution in [2.24, 2.45) is 0 Å². The number of aromatic nitrogens is 4. The number of nitrogens with one attached hydrogen (secondary N) is 1. The van der Waals surface area contributed by atoms with Crippen molar-refractivity contribution in [1.82, 2.24) is 19.6 Å². The summed E-state index contributed by atoms with van der Waals surface area (Å²) in [7, 11) is 0. The SMILES string of the molecule is Cc1c(-c2nc3ccc(N4CCOCC4)cn3n2)[nH]c2ccccc2c1=O. The number of rotatable bonds is 2. The molecule has 0 saturated carbocycles. The van der Waals surface area contributed by atoms with Crippen LogP contribution >= 0.6 is 0 Å². The van der Waals surface area contributed by atoms with Crippen LogP contribution in [0.2, 0.25) is 0 Å². The monoisotopic (exact) mass is 361 g/mol. The van der Waals surface area contributed by atoms with Gasteiger partial charge in [-0.1, -0.05) is 12.1 Å². The zero-order valence-corrected chi connectivity index (χ0v) is 15.0. The zero-order valence-electron chi connectivity index (χ0n) is 15.0. The van der Waals surface area contributed by atoms with Crippen LogP contribution < -0.4 is 10.3 Å². The molecule has 7 heteroatoms. The minimum Gasteiger partial charge on any atom is -0.378 e. The van der Waals surface area contributed by atoms with Gasteiger partial charge in [-0.25, -0.2) is 9.50 Å². The van der Waals surface area contributed by atoms with Gasteiger partial charge in [-0.3, -0.25) is 4.79 Å². The summed E-state index contributed by atoms with van der Waals surface area (Å²) >= 11 is 0. The number of para-hydroxylation sites is 1. The molecule has 1 N–H and O–H groups in total. The molecule has 0 spiro atoms. The van der Waals surface area contributed by atoms with E-state index in [0.717, 1.165) is 43.2 Å². The Morgan fingerprint density at radius 1 is 1.11 bits per heavy atom. The first-order valence-corrected chi connectivity index (χ1v) is 9.02. The Bertz CT molecular complexity index is 1200. The Morgan fingerprint density at radius 3 is 2.78 bits per heavy atom. The predicted molar refractivity (Wildman–Crippen MR) is 104 cm³/mol. The third-order valence-corrected chi connectivity index (χ3v) is 5.06. The van der Waals surface area contributed by atoms with Gasteiger partial charge in [0, 0.05) is 29.6 Å². The standard InChI is InChI=1S/C20H19N5O2/c1-13-18(21-16-5-3-2-4-15(16)19(13)26)20-22-17-7-6-14(12-25(17)23-20)24-8-10-27-11-9-24/h2-7,12H,8-11H2,1H3,(H,21,26). The Balaban J connectivity index is 1.62. The summed E-state index contributed by atoms with van der Waals surface area (Å²) in [5.74, 6) is 0.523. The lowest BCUT2D eigenvalue weighted by atomic mass is 10.1. The van der Waals surface area contributed by atoms with Crippen molar-refractivity contribution in [3.05, 3.63) is 58.4 Å². The van der Waals surface area contributed by atoms with Crippen LogP contribution in [0.3, 0.4) is 0 Å². The van der Waals surface area contributed by atoms with Gasteiger partial charge in [0.15, 0.2) is 16.9 Å². The van der Waals surface area contributed by atoms with Gasteiger partial charge >= 0.3 is 0 Å². The molecule has 1 aliphatic heterocycles. The molecule has 1 fully saturated rings. The van der Waals surface area contributed by atoms with Crippen LogP contribution in [-0.4, -0.2) is 45.9 Å². The topological polar surface area (TPSA) is 75.5 Å². The van der Waals surface area contributed by atoms with Crippen LogP contribution in [0.15, 0.2) is 47.4 Å². The van der Waals surface area contributed by atoms with Gasteiger partial charge in [0.05, 0.1) is 30.8 Å². The van der Waals surface area contributed by atoms with Gasteiger partial charge in [0.1, 0.15) is 0 Å². The van der Waals surface area contributed by atoms with Crippen LogP contribution in [0.5, 0.6) is 0 Å². The third-order valence-electron chi connectivity index (χ3n) is 5.06. The van der Waals surface area contributed by atoms with Crippen LogP contribution in [0.4, 0.5) is 5.69 Å². The number of fused-ring (bicyclic) bond motifs is 2. The molecule has 0 aliphatic carbocycles. The van der Waals surface area contributed by atoms with Gasteiger partial charge in [0.2, 0.25) is 0 Å². The Hall–Kier alpha value is -3.19. The van der Waals surface area contributed by atoms with E-state index < -0.39 is 0 Å². The smallest absolute Gasteiger partial charge is 0.198 e. The van der Waals surface area contributed by atoms with Gasteiger partial charge in [-0.05, 0) is 31.2 Å². The lowest BCUT2D eigenvalue weighted by Crippen LogP contribution is -2.36. The van der Waals surface area contributed by atoms with E-state index in [1.54, 1.807) is 4.52 Å². The molecular formula is C20H19N5O2. The molecule has 4 heterocycles. The van der Waals surface area contributed by atoms with E-state index >= 15 is 0 Å². The van der Waals surface area contributed by atoms with Gasteiger partial charge in [-0.15, -0.1) is 5.10 Å². The van der Waals surface area contributed by atoms with E-state index in [0.29, 0.717) is 22.5 Å². The highest BCUT2D eigenvalue weighted by molar-refractivity contribution is 5.82. The van der Waals surface area contributed by atoms with E-state index in [1.807, 2.05) is 43.5 Å². The highest BCUT2D eigenvalue weighted by Crippen LogP contribution is 2.22. The lowest BCUT2D eigenvalue weighted by Gasteiger charge is -2.28. The number of aromatic amines is 1. The van der Waals surface area contributed by atoms with Crippen LogP contribution in [0.1, 0.15) is 5.56 Å². The summed E-state index contributed by atoms with van der Waals surface area (Å²) in [5, 5.41) is 5.30. The van der Waals surface area contributed by atoms with Gasteiger partial charge in [-0.2, -0.15) is 0 Å². The Labute approximate surface area is 155 Å². The fourth-order valence-corrected chi connectivity index (χ4v) is 3.54. The Kier molecular flexibility index (Phi) is 3.68. The number of anilines is 1. The minimum absolute atomic E-state index is 0.00668. The first-order valence-electron chi connectivity index (χ1n) is 9.02. The third kappa shape index (κ3) is 2.67. The van der Waals surface area contributed by atoms with E-state index in [9.17, 15) is 4.79 Å². The summed E-state index contributed by atoms with van der Waals surface area (Å²) in [6.07, 6.45) is 1.98. The van der Waals surface area contributed by atoms with E-state index in [2.05, 4.69) is 26.0 Å². The fourth-order valence-electron chi connectivity index (χ4n) is 3.54. The Morgan fingerprint density at radius 2 is 1.93 bits per heavy atom. The molecule has 1 saturated heterocycles. The lowest BCUT2D eigenvalue weighted by molar-refractivity contribution is 0.122. The summed E-state index contributed by atoms with van der Waals surface area (Å²) < 4.78 is 7.19. The molecular weight excluding hydrogens is 342 g/mol. The number of H-pyrrole nitrogens is 1. The fraction of sp³-hybridized carbons (Fsp3) is 0.250. The molecule has 4 aromatic rings. The molecule has 3 aromatic heterocycles. The first-order chi connectivity index (χ1) is 13.2. The zero-order chi connectivity index (χ0) is 18.4. The average Bonchev–Trinajstić information content (AvgIpc) is 3.14. The second kappa shape index (κ2) is 6.21. The van der Waals surface area contributed by atoms with Crippen molar-refractivity contribution >= 4 is 22.2 Å². The predicted octanol–water partition coefficient (Wildman–Crippen LogP) is 2.38. The second-order valence-electron chi connectivity index (χ2n) is 6.72. The molecule has 0 amide bonds. The molecule has 5 rings (SSSR count). The van der Waals surface area contributed by atoms with Crippen molar-refractivity contribution < 1.29 is 4.74 Å². The van der Waals surface area contributed by atoms with Crippen LogP contribution in [0.25, 0.3) is 28.1 Å². The highest BCUT2D eigenvalue weighted by atomic mass is 16.5. The molecule has 136 valence electrons. The number of morpholine rings is 1. The molecule has 1 aromatic carbocycles. The second-order valence-corrected chi connectivity index (χ2v) is 6.72. The van der Waals surface area contributed by atoms with Crippen molar-refractivity contribution in [2.75, 3.05) is 31.2 Å². The normalized spacial score (nSPS) is 14.9. The number of ether oxygens (including phenoxy) is 1. The molecule has 0 radical (unpaired) electrons. The van der Waals surface area contributed by atoms with Gasteiger partial charge < -0.3 is 14.6 Å². The van der Waals surface area contributed by atoms with Crippen LogP contribution in [0, 0.1) is 6.92 Å². The molecule has 0 unspecified atom stereocenters. The molecule has 7 nitrogen and oxygen atoms in total. The minimum atomic E-state index is 0.00668. The summed E-state index contributed by atoms with van der Waals surface area (Å²) in [6.45, 7) is 5.01. The maximum absolute atomic E-state index is 12.7. The quantitative estimate of drug-likeness (QED) is 0.593. The van der Waals surface area contributed by atoms with Crippen LogP contribution in [-0.2, 0) is 4.74 Å². The van der Waals surface area contributed by atoms with Gasteiger partial charge in [0.25, 0.3) is 0 Å². The summed E-state index contributed by atoms with van der Waals surface area (Å²) in [5.41, 5.74) is 3.91. The average molecular weight is 361 g/mol. The van der Waals surface area contributed by atoms with Crippen molar-refractivity contribution in [3.8, 4) is 11.5 Å². The number of nitrogens with zero attached hydrogens (tertiary/aromatic N) is 4. The summed E-state index contributed by atoms with van der Waals surface area (Å²) in [6, 6.07) is 11.5. The van der Waals surface area contributed by atoms with E-state index in [1.165, 1.54) is 0 Å². The number of hydrogen-bond acceptors (Lipinski definition) is 5. The molecule has 27 heavy (non-hydrogen) atoms. The number of benzene rings is 1. The maximum Gasteiger partial charge on any atom is 0.198 e. The molecule has 0 bridgehead atoms. The van der Waals surface area contributed by atoms with E-state index in [4.69, 9.17) is 4.74 Å². The molecule has 1 aliphatic rings. The largest absolute Gasteiger partial charge is 0.378 e. The highest BCUT2D eigenvalue weighted by Gasteiger charge is 2.16. The summed E-state index contributed by atoms with van der Waals surface area (Å²) in [4.78, 5) is 22.9. The molecule has 0 atom stereocenters. The van der Waals surface area contributed by atoms with Crippen molar-refractivity contribution in [2.45, 2.75) is 6.92 Å². The number of pyridine rings is 2. The van der Waals surface area contributed by atoms with E-state index in [-0.39, 0.29) is 5.43 Å². The maximum atomic E-state index is 12.7. The van der Waals surface area contributed by atoms with Crippen molar-refractivity contribution in [3.63, 3.8) is 0 Å².